The van der Waals surface area contributed by atoms with Crippen molar-refractivity contribution in [2.45, 2.75) is 6.54 Å². The van der Waals surface area contributed by atoms with E-state index in [1.54, 1.807) is 23.0 Å². The van der Waals surface area contributed by atoms with Crippen molar-refractivity contribution < 1.29 is 13.7 Å². The van der Waals surface area contributed by atoms with E-state index in [0.717, 1.165) is 5.56 Å². The molecule has 4 aromatic rings. The number of aromatic nitrogens is 3. The quantitative estimate of drug-likeness (QED) is 0.355. The summed E-state index contributed by atoms with van der Waals surface area (Å²) in [5.41, 5.74) is 1.50. The minimum absolute atomic E-state index is 0.0662. The summed E-state index contributed by atoms with van der Waals surface area (Å²) in [7, 11) is 0. The second-order valence-corrected chi connectivity index (χ2v) is 7.99. The Morgan fingerprint density at radius 2 is 1.93 bits per heavy atom. The molecular weight excluding hydrogens is 498 g/mol. The van der Waals surface area contributed by atoms with Gasteiger partial charge in [0, 0.05) is 27.9 Å². The molecule has 6 nitrogen and oxygen atoms in total. The first-order valence-corrected chi connectivity index (χ1v) is 10.1. The predicted octanol–water partition coefficient (Wildman–Crippen LogP) is 6.05. The minimum atomic E-state index is -0.498. The molecule has 1 N–H and O–H groups in total. The summed E-state index contributed by atoms with van der Waals surface area (Å²) in [4.78, 5) is 12.5. The number of hydrogen-bond donors (Lipinski definition) is 1. The van der Waals surface area contributed by atoms with Crippen LogP contribution >= 0.6 is 39.1 Å². The zero-order valence-electron chi connectivity index (χ0n) is 15.1. The molecule has 0 fully saturated rings. The maximum Gasteiger partial charge on any atom is 0.279 e. The number of nitrogens with zero attached hydrogens (tertiary/aromatic N) is 3. The summed E-state index contributed by atoms with van der Waals surface area (Å²) in [5, 5.41) is 11.9. The Hall–Kier alpha value is -2.68. The van der Waals surface area contributed by atoms with Crippen LogP contribution in [0.5, 0.6) is 0 Å². The number of carbonyl (C=O) groups excluding carboxylic acids is 1. The van der Waals surface area contributed by atoms with Gasteiger partial charge < -0.3 is 9.84 Å². The van der Waals surface area contributed by atoms with Gasteiger partial charge in [0.15, 0.2) is 17.3 Å². The Labute approximate surface area is 188 Å². The van der Waals surface area contributed by atoms with E-state index >= 15 is 0 Å². The van der Waals surface area contributed by atoms with Crippen LogP contribution in [-0.4, -0.2) is 20.8 Å². The number of nitrogens with one attached hydrogen (secondary N) is 1. The molecule has 2 aromatic carbocycles. The van der Waals surface area contributed by atoms with E-state index in [0.29, 0.717) is 38.2 Å². The van der Waals surface area contributed by atoms with Crippen LogP contribution in [0.2, 0.25) is 10.0 Å². The van der Waals surface area contributed by atoms with Crippen LogP contribution in [0.15, 0.2) is 63.7 Å². The average molecular weight is 510 g/mol. The largest absolute Gasteiger partial charge is 0.355 e. The molecule has 152 valence electrons. The van der Waals surface area contributed by atoms with E-state index in [-0.39, 0.29) is 11.5 Å². The maximum absolute atomic E-state index is 13.1. The molecule has 0 saturated heterocycles. The average Bonchev–Trinajstić information content (AvgIpc) is 3.32. The van der Waals surface area contributed by atoms with Gasteiger partial charge in [-0.3, -0.25) is 9.48 Å². The van der Waals surface area contributed by atoms with Crippen molar-refractivity contribution in [2.75, 3.05) is 5.32 Å². The highest BCUT2D eigenvalue weighted by Crippen LogP contribution is 2.26. The van der Waals surface area contributed by atoms with Gasteiger partial charge in [-0.1, -0.05) is 34.4 Å². The van der Waals surface area contributed by atoms with Crippen molar-refractivity contribution in [3.63, 3.8) is 0 Å². The van der Waals surface area contributed by atoms with Gasteiger partial charge >= 0.3 is 0 Å². The number of rotatable bonds is 5. The molecule has 0 bridgehead atoms. The van der Waals surface area contributed by atoms with Crippen molar-refractivity contribution in [2.24, 2.45) is 0 Å². The van der Waals surface area contributed by atoms with Crippen LogP contribution in [0.4, 0.5) is 10.2 Å². The number of benzene rings is 2. The monoisotopic (exact) mass is 508 g/mol. The molecule has 0 radical (unpaired) electrons. The normalized spacial score (nSPS) is 10.9. The molecule has 0 unspecified atom stereocenters. The Balaban J connectivity index is 1.48. The molecule has 1 amide bonds. The lowest BCUT2D eigenvalue weighted by molar-refractivity contribution is 0.101. The van der Waals surface area contributed by atoms with Gasteiger partial charge in [-0.25, -0.2) is 4.39 Å². The highest BCUT2D eigenvalue weighted by atomic mass is 79.9. The smallest absolute Gasteiger partial charge is 0.279 e. The van der Waals surface area contributed by atoms with Crippen molar-refractivity contribution >= 4 is 50.9 Å². The van der Waals surface area contributed by atoms with Crippen LogP contribution in [0.1, 0.15) is 16.1 Å². The molecule has 30 heavy (non-hydrogen) atoms. The van der Waals surface area contributed by atoms with E-state index in [1.807, 2.05) is 6.07 Å². The Morgan fingerprint density at radius 3 is 2.67 bits per heavy atom. The van der Waals surface area contributed by atoms with Gasteiger partial charge in [-0.15, -0.1) is 0 Å². The summed E-state index contributed by atoms with van der Waals surface area (Å²) in [6, 6.07) is 12.4. The summed E-state index contributed by atoms with van der Waals surface area (Å²) in [6.07, 6.45) is 1.72. The SMILES string of the molecule is O=C(Nc1nn(Cc2ccc(Cl)cc2Cl)cc1Br)c1cc(-c2ccc(F)cc2)on1. The van der Waals surface area contributed by atoms with E-state index in [2.05, 4.69) is 31.5 Å². The number of halogens is 4. The molecule has 0 saturated carbocycles. The number of carbonyl (C=O) groups is 1. The fourth-order valence-electron chi connectivity index (χ4n) is 2.69. The first-order chi connectivity index (χ1) is 14.4. The third-order valence-corrected chi connectivity index (χ3v) is 5.34. The summed E-state index contributed by atoms with van der Waals surface area (Å²) in [5.74, 6) is -0.197. The number of amides is 1. The summed E-state index contributed by atoms with van der Waals surface area (Å²) >= 11 is 15.5. The molecule has 0 atom stereocenters. The number of hydrogen-bond acceptors (Lipinski definition) is 4. The predicted molar refractivity (Wildman–Crippen MR) is 115 cm³/mol. The Morgan fingerprint density at radius 1 is 1.17 bits per heavy atom. The van der Waals surface area contributed by atoms with Crippen molar-refractivity contribution in [1.29, 1.82) is 0 Å². The molecule has 0 aliphatic heterocycles. The van der Waals surface area contributed by atoms with Gasteiger partial charge in [0.05, 0.1) is 11.0 Å². The molecular formula is C20H12BrCl2FN4O2. The standard InChI is InChI=1S/C20H12BrCl2FN4O2/c21-15-10-28(9-12-1-4-13(22)7-16(12)23)26-19(15)25-20(29)17-8-18(30-27-17)11-2-5-14(24)6-3-11/h1-8,10H,9H2,(H,25,26,29). The van der Waals surface area contributed by atoms with Gasteiger partial charge in [0.1, 0.15) is 5.82 Å². The molecule has 0 aliphatic carbocycles. The van der Waals surface area contributed by atoms with E-state index in [4.69, 9.17) is 27.7 Å². The van der Waals surface area contributed by atoms with Crippen molar-refractivity contribution in [3.05, 3.63) is 86.3 Å². The molecule has 2 heterocycles. The highest BCUT2D eigenvalue weighted by molar-refractivity contribution is 9.10. The first kappa shape index (κ1) is 20.6. The van der Waals surface area contributed by atoms with Gasteiger partial charge in [0.25, 0.3) is 5.91 Å². The lowest BCUT2D eigenvalue weighted by Gasteiger charge is -2.05. The lowest BCUT2D eigenvalue weighted by Crippen LogP contribution is -2.13. The summed E-state index contributed by atoms with van der Waals surface area (Å²) in [6.45, 7) is 0.392. The van der Waals surface area contributed by atoms with Crippen LogP contribution < -0.4 is 5.32 Å². The zero-order chi connectivity index (χ0) is 21.3. The van der Waals surface area contributed by atoms with Crippen molar-refractivity contribution in [3.8, 4) is 11.3 Å². The third-order valence-electron chi connectivity index (χ3n) is 4.17. The van der Waals surface area contributed by atoms with Gasteiger partial charge in [-0.2, -0.15) is 5.10 Å². The molecule has 2 aromatic heterocycles. The van der Waals surface area contributed by atoms with Gasteiger partial charge in [0.2, 0.25) is 0 Å². The van der Waals surface area contributed by atoms with Crippen LogP contribution in [-0.2, 0) is 6.54 Å². The van der Waals surface area contributed by atoms with Crippen LogP contribution in [0.3, 0.4) is 0 Å². The fourth-order valence-corrected chi connectivity index (χ4v) is 3.57. The third kappa shape index (κ3) is 4.56. The van der Waals surface area contributed by atoms with E-state index in [1.165, 1.54) is 30.3 Å². The second-order valence-electron chi connectivity index (χ2n) is 6.30. The van der Waals surface area contributed by atoms with Crippen LogP contribution in [0, 0.1) is 5.82 Å². The minimum Gasteiger partial charge on any atom is -0.355 e. The van der Waals surface area contributed by atoms with Gasteiger partial charge in [-0.05, 0) is 57.9 Å². The first-order valence-electron chi connectivity index (χ1n) is 8.60. The highest BCUT2D eigenvalue weighted by Gasteiger charge is 2.17. The summed E-state index contributed by atoms with van der Waals surface area (Å²) < 4.78 is 20.5. The number of anilines is 1. The Kier molecular flexibility index (Phi) is 5.90. The molecule has 10 heteroatoms. The lowest BCUT2D eigenvalue weighted by atomic mass is 10.1. The van der Waals surface area contributed by atoms with Crippen molar-refractivity contribution in [1.82, 2.24) is 14.9 Å². The Bertz CT molecular complexity index is 1220. The molecule has 0 aliphatic rings. The maximum atomic E-state index is 13.1. The molecule has 4 rings (SSSR count). The zero-order valence-corrected chi connectivity index (χ0v) is 18.2. The molecule has 0 spiro atoms. The second kappa shape index (κ2) is 8.59. The van der Waals surface area contributed by atoms with E-state index < -0.39 is 5.91 Å². The van der Waals surface area contributed by atoms with E-state index in [9.17, 15) is 9.18 Å². The fraction of sp³-hybridized carbons (Fsp3) is 0.0500. The van der Waals surface area contributed by atoms with Crippen LogP contribution in [0.25, 0.3) is 11.3 Å². The topological polar surface area (TPSA) is 73.0 Å².